The Morgan fingerprint density at radius 3 is 2.11 bits per heavy atom. The van der Waals surface area contributed by atoms with Crippen LogP contribution in [0, 0.1) is 22.2 Å². The van der Waals surface area contributed by atoms with Crippen molar-refractivity contribution in [1.82, 2.24) is 0 Å². The van der Waals surface area contributed by atoms with Crippen LogP contribution in [0.3, 0.4) is 0 Å². The van der Waals surface area contributed by atoms with Gasteiger partial charge in [0.1, 0.15) is 0 Å². The lowest BCUT2D eigenvalue weighted by molar-refractivity contribution is -0.153. The maximum Gasteiger partial charge on any atom is 0.156 e. The Morgan fingerprint density at radius 2 is 1.63 bits per heavy atom. The molecule has 4 bridgehead atoms. The van der Waals surface area contributed by atoms with Crippen LogP contribution in [0.1, 0.15) is 72.6 Å². The highest BCUT2D eigenvalue weighted by atomic mass is 16.1. The lowest BCUT2D eigenvalue weighted by atomic mass is 9.39. The van der Waals surface area contributed by atoms with Crippen molar-refractivity contribution in [1.29, 1.82) is 0 Å². The molecular weight excluding hydrogens is 232 g/mol. The van der Waals surface area contributed by atoms with E-state index in [-0.39, 0.29) is 0 Å². The molecule has 0 N–H and O–H groups in total. The predicted octanol–water partition coefficient (Wildman–Crippen LogP) is 4.91. The van der Waals surface area contributed by atoms with E-state index in [0.29, 0.717) is 22.0 Å². The van der Waals surface area contributed by atoms with Gasteiger partial charge in [0.05, 0.1) is 0 Å². The molecule has 1 heteroatoms. The summed E-state index contributed by atoms with van der Waals surface area (Å²) in [6.07, 6.45) is 10.8. The second-order valence-corrected chi connectivity index (χ2v) is 8.99. The van der Waals surface area contributed by atoms with Crippen molar-refractivity contribution in [3.8, 4) is 0 Å². The molecule has 0 aromatic carbocycles. The molecule has 4 rings (SSSR count). The summed E-state index contributed by atoms with van der Waals surface area (Å²) in [5.74, 6) is 1.26. The van der Waals surface area contributed by atoms with Gasteiger partial charge in [-0.3, -0.25) is 4.79 Å². The van der Waals surface area contributed by atoms with Crippen LogP contribution >= 0.6 is 0 Å². The van der Waals surface area contributed by atoms with Crippen molar-refractivity contribution >= 4 is 5.78 Å². The fraction of sp³-hybridized carbons (Fsp3) is 0.833. The average Bonchev–Trinajstić information content (AvgIpc) is 2.06. The summed E-state index contributed by atoms with van der Waals surface area (Å²) in [5, 5.41) is 0. The first-order valence-corrected chi connectivity index (χ1v) is 7.90. The molecule has 4 aliphatic rings. The third kappa shape index (κ3) is 2.41. The molecule has 106 valence electrons. The summed E-state index contributed by atoms with van der Waals surface area (Å²) in [7, 11) is 0. The van der Waals surface area contributed by atoms with Gasteiger partial charge in [-0.05, 0) is 80.6 Å². The minimum absolute atomic E-state index is 0.339. The number of rotatable bonds is 3. The van der Waals surface area contributed by atoms with Gasteiger partial charge in [-0.25, -0.2) is 0 Å². The van der Waals surface area contributed by atoms with E-state index in [4.69, 9.17) is 0 Å². The Balaban J connectivity index is 1.85. The van der Waals surface area contributed by atoms with Crippen molar-refractivity contribution in [2.75, 3.05) is 0 Å². The lowest BCUT2D eigenvalue weighted by Crippen LogP contribution is -2.55. The molecule has 0 radical (unpaired) electrons. The average molecular weight is 260 g/mol. The Hall–Kier alpha value is -0.590. The van der Waals surface area contributed by atoms with Gasteiger partial charge in [0, 0.05) is 6.42 Å². The quantitative estimate of drug-likeness (QED) is 0.659. The summed E-state index contributed by atoms with van der Waals surface area (Å²) in [5.41, 5.74) is 2.54. The molecule has 1 nitrogen and oxygen atoms in total. The normalized spacial score (nSPS) is 47.3. The number of carbonyl (C=O) groups is 1. The summed E-state index contributed by atoms with van der Waals surface area (Å²) in [4.78, 5) is 12.3. The van der Waals surface area contributed by atoms with Crippen molar-refractivity contribution in [2.45, 2.75) is 72.6 Å². The molecule has 0 heterocycles. The van der Waals surface area contributed by atoms with Gasteiger partial charge in [0.25, 0.3) is 0 Å². The molecule has 2 atom stereocenters. The van der Waals surface area contributed by atoms with Crippen molar-refractivity contribution in [3.63, 3.8) is 0 Å². The van der Waals surface area contributed by atoms with E-state index in [9.17, 15) is 4.79 Å². The van der Waals surface area contributed by atoms with E-state index in [1.165, 1.54) is 38.5 Å². The van der Waals surface area contributed by atoms with E-state index >= 15 is 0 Å². The van der Waals surface area contributed by atoms with Gasteiger partial charge < -0.3 is 0 Å². The van der Waals surface area contributed by atoms with E-state index < -0.39 is 0 Å². The van der Waals surface area contributed by atoms with Gasteiger partial charge in [0.2, 0.25) is 0 Å². The van der Waals surface area contributed by atoms with Crippen molar-refractivity contribution in [2.24, 2.45) is 22.2 Å². The monoisotopic (exact) mass is 260 g/mol. The highest BCUT2D eigenvalue weighted by Gasteiger charge is 2.60. The molecule has 0 aromatic rings. The second-order valence-electron chi connectivity index (χ2n) is 8.99. The molecule has 19 heavy (non-hydrogen) atoms. The van der Waals surface area contributed by atoms with Gasteiger partial charge in [0.15, 0.2) is 5.78 Å². The van der Waals surface area contributed by atoms with Crippen LogP contribution in [0.4, 0.5) is 0 Å². The van der Waals surface area contributed by atoms with Crippen LogP contribution in [-0.2, 0) is 4.79 Å². The first-order valence-electron chi connectivity index (χ1n) is 7.90. The third-order valence-electron chi connectivity index (χ3n) is 5.74. The van der Waals surface area contributed by atoms with Crippen LogP contribution in [-0.4, -0.2) is 5.78 Å². The zero-order chi connectivity index (χ0) is 13.9. The van der Waals surface area contributed by atoms with E-state index in [0.717, 1.165) is 17.9 Å². The van der Waals surface area contributed by atoms with Crippen molar-refractivity contribution in [3.05, 3.63) is 11.6 Å². The van der Waals surface area contributed by atoms with E-state index in [2.05, 4.69) is 13.8 Å². The number of carbonyl (C=O) groups excluding carboxylic acids is 1. The fourth-order valence-electron chi connectivity index (χ4n) is 6.62. The predicted molar refractivity (Wildman–Crippen MR) is 78.9 cm³/mol. The van der Waals surface area contributed by atoms with Crippen LogP contribution < -0.4 is 0 Å². The maximum atomic E-state index is 12.3. The van der Waals surface area contributed by atoms with Crippen LogP contribution in [0.15, 0.2) is 11.6 Å². The minimum Gasteiger partial charge on any atom is -0.295 e. The summed E-state index contributed by atoms with van der Waals surface area (Å²) in [6, 6.07) is 0. The molecule has 2 unspecified atom stereocenters. The molecule has 0 spiro atoms. The number of allylic oxidation sites excluding steroid dienone is 2. The summed E-state index contributed by atoms with van der Waals surface area (Å²) >= 11 is 0. The van der Waals surface area contributed by atoms with Gasteiger partial charge in [-0.2, -0.15) is 0 Å². The standard InChI is InChI=1S/C18H28O/c1-13(2)5-15(19)9-18-8-14-6-16(3,11-18)10-17(4,7-14)12-18/h5,14H,6-12H2,1-4H3. The molecule has 4 saturated carbocycles. The van der Waals surface area contributed by atoms with Crippen LogP contribution in [0.25, 0.3) is 0 Å². The zero-order valence-corrected chi connectivity index (χ0v) is 13.0. The van der Waals surface area contributed by atoms with Gasteiger partial charge >= 0.3 is 0 Å². The summed E-state index contributed by atoms with van der Waals surface area (Å²) in [6.45, 7) is 9.02. The highest BCUT2D eigenvalue weighted by Crippen LogP contribution is 2.70. The lowest BCUT2D eigenvalue weighted by Gasteiger charge is -2.65. The molecule has 0 aliphatic heterocycles. The number of hydrogen-bond acceptors (Lipinski definition) is 1. The molecule has 4 aliphatic carbocycles. The molecule has 0 saturated heterocycles. The first kappa shape index (κ1) is 13.4. The van der Waals surface area contributed by atoms with Gasteiger partial charge in [-0.15, -0.1) is 0 Å². The third-order valence-corrected chi connectivity index (χ3v) is 5.74. The first-order chi connectivity index (χ1) is 8.72. The number of hydrogen-bond donors (Lipinski definition) is 0. The Bertz CT molecular complexity index is 423. The van der Waals surface area contributed by atoms with Crippen LogP contribution in [0.5, 0.6) is 0 Å². The molecule has 0 amide bonds. The van der Waals surface area contributed by atoms with Crippen molar-refractivity contribution < 1.29 is 4.79 Å². The zero-order valence-electron chi connectivity index (χ0n) is 13.0. The second kappa shape index (κ2) is 3.96. The fourth-order valence-corrected chi connectivity index (χ4v) is 6.62. The van der Waals surface area contributed by atoms with E-state index in [1.807, 2.05) is 19.9 Å². The van der Waals surface area contributed by atoms with E-state index in [1.54, 1.807) is 0 Å². The number of ketones is 1. The maximum absolute atomic E-state index is 12.3. The Morgan fingerprint density at radius 1 is 1.05 bits per heavy atom. The topological polar surface area (TPSA) is 17.1 Å². The highest BCUT2D eigenvalue weighted by molar-refractivity contribution is 5.90. The minimum atomic E-state index is 0.339. The Labute approximate surface area is 117 Å². The summed E-state index contributed by atoms with van der Waals surface area (Å²) < 4.78 is 0. The smallest absolute Gasteiger partial charge is 0.156 e. The molecule has 4 fully saturated rings. The SMILES string of the molecule is CC(C)=CC(=O)CC12CC3CC(C)(CC(C)(C3)C1)C2. The molecule has 0 aromatic heterocycles. The van der Waals surface area contributed by atoms with Gasteiger partial charge in [-0.1, -0.05) is 19.4 Å². The molecular formula is C18H28O. The Kier molecular flexibility index (Phi) is 2.79. The van der Waals surface area contributed by atoms with Crippen LogP contribution in [0.2, 0.25) is 0 Å². The largest absolute Gasteiger partial charge is 0.295 e.